The van der Waals surface area contributed by atoms with Crippen molar-refractivity contribution in [2.75, 3.05) is 12.3 Å². The largest absolute Gasteiger partial charge is 0.390 e. The summed E-state index contributed by atoms with van der Waals surface area (Å²) in [6.45, 7) is 6.12. The molecule has 4 rings (SSSR count). The molecule has 4 N–H and O–H groups in total. The number of imide groups is 1. The van der Waals surface area contributed by atoms with Gasteiger partial charge in [0.1, 0.15) is 11.9 Å². The van der Waals surface area contributed by atoms with Crippen molar-refractivity contribution in [1.29, 1.82) is 0 Å². The van der Waals surface area contributed by atoms with E-state index < -0.39 is 41.7 Å². The van der Waals surface area contributed by atoms with Crippen molar-refractivity contribution < 1.29 is 19.5 Å². The minimum absolute atomic E-state index is 0.00542. The predicted octanol–water partition coefficient (Wildman–Crippen LogP) is 3.55. The topological polar surface area (TPSA) is 129 Å². The number of likely N-dealkylation sites (tertiary alicyclic amines) is 1. The third-order valence-electron chi connectivity index (χ3n) is 7.65. The number of carbonyl (C=O) groups is 3. The molecular formula is C33H43N5O4S. The standard InChI is InChI=1S/C33H43N5O4S/c1-33(2,3)36-29(40)27-15-9-10-20-37(27)30(28(39)19-16-22-11-5-4-6-12-22)38(31(41)24(34)21-43)32(42)26-18-17-23-13-7-8-14-25(23)35-26/h4-8,11-14,17-18,24,27-28,30,39,43H,9-10,15-16,19-21,34H2,1-3H3,(H,36,40)/t24-,27-,28+,30?/m0/s1. The van der Waals surface area contributed by atoms with Crippen molar-refractivity contribution in [1.82, 2.24) is 20.1 Å². The van der Waals surface area contributed by atoms with E-state index in [-0.39, 0.29) is 23.8 Å². The molecule has 2 heterocycles. The third-order valence-corrected chi connectivity index (χ3v) is 8.05. The predicted molar refractivity (Wildman–Crippen MR) is 172 cm³/mol. The van der Waals surface area contributed by atoms with Crippen LogP contribution in [-0.2, 0) is 16.0 Å². The number of pyridine rings is 1. The number of nitrogens with one attached hydrogen (secondary N) is 1. The SMILES string of the molecule is CC(C)(C)NC(=O)[C@@H]1CCCCN1C([C@H](O)CCc1ccccc1)N(C(=O)c1ccc2ccccc2n1)C(=O)[C@@H](N)CS. The van der Waals surface area contributed by atoms with E-state index in [4.69, 9.17) is 5.73 Å². The van der Waals surface area contributed by atoms with Crippen LogP contribution in [0.15, 0.2) is 66.7 Å². The summed E-state index contributed by atoms with van der Waals surface area (Å²) in [5, 5.41) is 15.8. The van der Waals surface area contributed by atoms with Gasteiger partial charge in [-0.2, -0.15) is 12.6 Å². The number of aliphatic hydroxyl groups is 1. The number of nitrogens with zero attached hydrogens (tertiary/aromatic N) is 3. The van der Waals surface area contributed by atoms with Gasteiger partial charge >= 0.3 is 0 Å². The van der Waals surface area contributed by atoms with Crippen LogP contribution < -0.4 is 11.1 Å². The van der Waals surface area contributed by atoms with Crippen LogP contribution in [0.2, 0.25) is 0 Å². The normalized spacial score (nSPS) is 18.0. The number of hydrogen-bond donors (Lipinski definition) is 4. The summed E-state index contributed by atoms with van der Waals surface area (Å²) in [6, 6.07) is 18.7. The van der Waals surface area contributed by atoms with Gasteiger partial charge in [0.15, 0.2) is 0 Å². The average Bonchev–Trinajstić information content (AvgIpc) is 3.00. The van der Waals surface area contributed by atoms with E-state index in [2.05, 4.69) is 22.9 Å². The van der Waals surface area contributed by atoms with Gasteiger partial charge in [-0.15, -0.1) is 0 Å². The molecule has 1 aliphatic rings. The van der Waals surface area contributed by atoms with Crippen LogP contribution in [0.5, 0.6) is 0 Å². The first-order valence-corrected chi connectivity index (χ1v) is 15.5. The quantitative estimate of drug-likeness (QED) is 0.260. The Labute approximate surface area is 259 Å². The second kappa shape index (κ2) is 14.4. The zero-order valence-electron chi connectivity index (χ0n) is 25.1. The van der Waals surface area contributed by atoms with E-state index in [0.717, 1.165) is 28.7 Å². The average molecular weight is 606 g/mol. The smallest absolute Gasteiger partial charge is 0.280 e. The second-order valence-corrected chi connectivity index (χ2v) is 12.6. The number of carbonyl (C=O) groups excluding carboxylic acids is 3. The lowest BCUT2D eigenvalue weighted by Gasteiger charge is -2.46. The van der Waals surface area contributed by atoms with Crippen molar-refractivity contribution >= 4 is 41.3 Å². The summed E-state index contributed by atoms with van der Waals surface area (Å²) in [5.41, 5.74) is 7.38. The fourth-order valence-electron chi connectivity index (χ4n) is 5.57. The maximum Gasteiger partial charge on any atom is 0.280 e. The number of rotatable bonds is 10. The molecule has 43 heavy (non-hydrogen) atoms. The van der Waals surface area contributed by atoms with Crippen LogP contribution >= 0.6 is 12.6 Å². The Bertz CT molecular complexity index is 1410. The summed E-state index contributed by atoms with van der Waals surface area (Å²) in [4.78, 5) is 49.4. The molecule has 0 saturated carbocycles. The zero-order chi connectivity index (χ0) is 31.1. The van der Waals surface area contributed by atoms with Crippen LogP contribution in [0.4, 0.5) is 0 Å². The minimum Gasteiger partial charge on any atom is -0.390 e. The molecule has 9 nitrogen and oxygen atoms in total. The number of piperidine rings is 1. The molecule has 1 saturated heterocycles. The lowest BCUT2D eigenvalue weighted by molar-refractivity contribution is -0.148. The molecule has 4 atom stereocenters. The zero-order valence-corrected chi connectivity index (χ0v) is 26.0. The van der Waals surface area contributed by atoms with E-state index in [9.17, 15) is 19.5 Å². The first-order valence-electron chi connectivity index (χ1n) is 14.9. The molecular weight excluding hydrogens is 562 g/mol. The maximum absolute atomic E-state index is 14.3. The van der Waals surface area contributed by atoms with E-state index in [1.165, 1.54) is 0 Å². The Morgan fingerprint density at radius 1 is 1.07 bits per heavy atom. The molecule has 3 amide bonds. The van der Waals surface area contributed by atoms with Gasteiger partial charge in [0.05, 0.1) is 23.7 Å². The summed E-state index contributed by atoms with van der Waals surface area (Å²) in [5.74, 6) is -1.58. The molecule has 2 aromatic carbocycles. The number of hydrogen-bond acceptors (Lipinski definition) is 8. The molecule has 10 heteroatoms. The van der Waals surface area contributed by atoms with Gasteiger partial charge < -0.3 is 16.2 Å². The molecule has 1 unspecified atom stereocenters. The fraction of sp³-hybridized carbons (Fsp3) is 0.455. The number of para-hydroxylation sites is 1. The third kappa shape index (κ3) is 8.20. The summed E-state index contributed by atoms with van der Waals surface area (Å²) >= 11 is 4.25. The molecule has 1 fully saturated rings. The van der Waals surface area contributed by atoms with E-state index in [0.29, 0.717) is 24.9 Å². The Kier molecular flexibility index (Phi) is 10.9. The second-order valence-electron chi connectivity index (χ2n) is 12.2. The highest BCUT2D eigenvalue weighted by Crippen LogP contribution is 2.28. The number of nitrogens with two attached hydrogens (primary N) is 1. The van der Waals surface area contributed by atoms with Crippen molar-refractivity contribution in [2.24, 2.45) is 5.73 Å². The Balaban J connectivity index is 1.80. The fourth-order valence-corrected chi connectivity index (χ4v) is 5.73. The highest BCUT2D eigenvalue weighted by Gasteiger charge is 2.45. The van der Waals surface area contributed by atoms with Crippen LogP contribution in [0.25, 0.3) is 10.9 Å². The number of aliphatic hydroxyl groups excluding tert-OH is 1. The number of aryl methyl sites for hydroxylation is 1. The van der Waals surface area contributed by atoms with E-state index in [1.54, 1.807) is 18.2 Å². The van der Waals surface area contributed by atoms with Crippen LogP contribution in [-0.4, -0.2) is 79.8 Å². The first-order chi connectivity index (χ1) is 20.5. The van der Waals surface area contributed by atoms with Gasteiger partial charge in [-0.25, -0.2) is 4.98 Å². The summed E-state index contributed by atoms with van der Waals surface area (Å²) in [7, 11) is 0. The summed E-state index contributed by atoms with van der Waals surface area (Å²) < 4.78 is 0. The van der Waals surface area contributed by atoms with Crippen molar-refractivity contribution in [3.05, 3.63) is 78.0 Å². The number of benzene rings is 2. The van der Waals surface area contributed by atoms with E-state index in [1.807, 2.05) is 74.2 Å². The highest BCUT2D eigenvalue weighted by atomic mass is 32.1. The first kappa shape index (κ1) is 32.6. The van der Waals surface area contributed by atoms with Gasteiger partial charge in [-0.3, -0.25) is 24.2 Å². The van der Waals surface area contributed by atoms with Gasteiger partial charge in [0.2, 0.25) is 11.8 Å². The Hall–Kier alpha value is -3.31. The monoisotopic (exact) mass is 605 g/mol. The van der Waals surface area contributed by atoms with E-state index >= 15 is 0 Å². The molecule has 0 aliphatic carbocycles. The Morgan fingerprint density at radius 3 is 2.47 bits per heavy atom. The molecule has 3 aromatic rings. The lowest BCUT2D eigenvalue weighted by atomic mass is 9.95. The number of aromatic nitrogens is 1. The number of thiol groups is 1. The van der Waals surface area contributed by atoms with Gasteiger partial charge in [-0.1, -0.05) is 61.0 Å². The van der Waals surface area contributed by atoms with Crippen molar-refractivity contribution in [3.63, 3.8) is 0 Å². The molecule has 1 aliphatic heterocycles. The maximum atomic E-state index is 14.3. The van der Waals surface area contributed by atoms with Crippen LogP contribution in [0.1, 0.15) is 62.5 Å². The number of amides is 3. The highest BCUT2D eigenvalue weighted by molar-refractivity contribution is 7.80. The molecule has 0 spiro atoms. The molecule has 0 bridgehead atoms. The number of fused-ring (bicyclic) bond motifs is 1. The van der Waals surface area contributed by atoms with Gasteiger partial charge in [-0.05, 0) is 64.2 Å². The van der Waals surface area contributed by atoms with Crippen molar-refractivity contribution in [2.45, 2.75) is 82.8 Å². The van der Waals surface area contributed by atoms with Crippen LogP contribution in [0.3, 0.4) is 0 Å². The lowest BCUT2D eigenvalue weighted by Crippen LogP contribution is -2.67. The molecule has 0 radical (unpaired) electrons. The summed E-state index contributed by atoms with van der Waals surface area (Å²) in [6.07, 6.45) is 0.487. The minimum atomic E-state index is -1.18. The Morgan fingerprint density at radius 2 is 1.77 bits per heavy atom. The van der Waals surface area contributed by atoms with Crippen molar-refractivity contribution in [3.8, 4) is 0 Å². The van der Waals surface area contributed by atoms with Gasteiger partial charge in [0, 0.05) is 23.2 Å². The molecule has 230 valence electrons. The van der Waals surface area contributed by atoms with Crippen LogP contribution in [0, 0.1) is 0 Å². The van der Waals surface area contributed by atoms with Gasteiger partial charge in [0.25, 0.3) is 5.91 Å². The molecule has 1 aromatic heterocycles.